The standard InChI is InChI=1S/C18H16N2O3S/c1-2-24-16-10-6-4-8-14(16)18(22)23-12-17(21)20-15-9-5-3-7-13(15)11-19/h3-10H,2,12H2,1H3,(H,20,21). The van der Waals surface area contributed by atoms with Crippen LogP contribution >= 0.6 is 11.8 Å². The van der Waals surface area contributed by atoms with Gasteiger partial charge < -0.3 is 10.1 Å². The summed E-state index contributed by atoms with van der Waals surface area (Å²) in [7, 11) is 0. The SMILES string of the molecule is CCSc1ccccc1C(=O)OCC(=O)Nc1ccccc1C#N. The zero-order chi connectivity index (χ0) is 17.4. The molecule has 0 aliphatic carbocycles. The molecule has 0 unspecified atom stereocenters. The third-order valence-corrected chi connectivity index (χ3v) is 4.02. The number of nitriles is 1. The van der Waals surface area contributed by atoms with Crippen molar-refractivity contribution in [1.29, 1.82) is 5.26 Å². The molecule has 0 saturated carbocycles. The van der Waals surface area contributed by atoms with E-state index in [4.69, 9.17) is 10.00 Å². The predicted octanol–water partition coefficient (Wildman–Crippen LogP) is 3.47. The summed E-state index contributed by atoms with van der Waals surface area (Å²) in [5.41, 5.74) is 1.18. The second-order valence-corrected chi connectivity index (χ2v) is 6.02. The van der Waals surface area contributed by atoms with E-state index in [1.807, 2.05) is 25.1 Å². The lowest BCUT2D eigenvalue weighted by Gasteiger charge is -2.09. The van der Waals surface area contributed by atoms with Crippen molar-refractivity contribution in [2.45, 2.75) is 11.8 Å². The van der Waals surface area contributed by atoms with Crippen LogP contribution in [0.2, 0.25) is 0 Å². The number of hydrogen-bond donors (Lipinski definition) is 1. The maximum Gasteiger partial charge on any atom is 0.339 e. The number of amides is 1. The molecular formula is C18H16N2O3S. The van der Waals surface area contributed by atoms with Gasteiger partial charge in [0.25, 0.3) is 5.91 Å². The molecule has 1 N–H and O–H groups in total. The van der Waals surface area contributed by atoms with E-state index in [-0.39, 0.29) is 0 Å². The number of esters is 1. The topological polar surface area (TPSA) is 79.2 Å². The third-order valence-electron chi connectivity index (χ3n) is 3.06. The van der Waals surface area contributed by atoms with E-state index in [1.54, 1.807) is 36.4 Å². The summed E-state index contributed by atoms with van der Waals surface area (Å²) in [4.78, 5) is 24.9. The van der Waals surface area contributed by atoms with E-state index in [2.05, 4.69) is 5.32 Å². The Morgan fingerprint density at radius 3 is 2.62 bits per heavy atom. The minimum Gasteiger partial charge on any atom is -0.452 e. The van der Waals surface area contributed by atoms with Gasteiger partial charge in [0.15, 0.2) is 6.61 Å². The van der Waals surface area contributed by atoms with Crippen LogP contribution in [0.25, 0.3) is 0 Å². The average molecular weight is 340 g/mol. The molecule has 0 aromatic heterocycles. The maximum atomic E-state index is 12.2. The van der Waals surface area contributed by atoms with Crippen LogP contribution in [0.1, 0.15) is 22.8 Å². The number of benzene rings is 2. The molecule has 0 heterocycles. The van der Waals surface area contributed by atoms with E-state index < -0.39 is 18.5 Å². The number of hydrogen-bond acceptors (Lipinski definition) is 5. The van der Waals surface area contributed by atoms with E-state index in [9.17, 15) is 9.59 Å². The van der Waals surface area contributed by atoms with Crippen LogP contribution in [0.3, 0.4) is 0 Å². The van der Waals surface area contributed by atoms with E-state index >= 15 is 0 Å². The van der Waals surface area contributed by atoms with Crippen molar-refractivity contribution in [2.75, 3.05) is 17.7 Å². The van der Waals surface area contributed by atoms with Crippen molar-refractivity contribution in [2.24, 2.45) is 0 Å². The summed E-state index contributed by atoms with van der Waals surface area (Å²) >= 11 is 1.53. The number of anilines is 1. The van der Waals surface area contributed by atoms with Crippen molar-refractivity contribution in [3.05, 3.63) is 59.7 Å². The Bertz CT molecular complexity index is 784. The van der Waals surface area contributed by atoms with Crippen LogP contribution < -0.4 is 5.32 Å². The second kappa shape index (κ2) is 8.75. The molecule has 2 aromatic rings. The summed E-state index contributed by atoms with van der Waals surface area (Å²) in [6.07, 6.45) is 0. The Hall–Kier alpha value is -2.78. The molecule has 0 fully saturated rings. The Morgan fingerprint density at radius 2 is 1.88 bits per heavy atom. The Balaban J connectivity index is 1.97. The van der Waals surface area contributed by atoms with E-state index in [0.29, 0.717) is 16.8 Å². The monoisotopic (exact) mass is 340 g/mol. The molecule has 0 aliphatic heterocycles. The lowest BCUT2D eigenvalue weighted by Crippen LogP contribution is -2.21. The number of thioether (sulfide) groups is 1. The zero-order valence-corrected chi connectivity index (χ0v) is 13.9. The molecule has 0 spiro atoms. The summed E-state index contributed by atoms with van der Waals surface area (Å²) in [5, 5.41) is 11.6. The van der Waals surface area contributed by atoms with Gasteiger partial charge in [0.05, 0.1) is 16.8 Å². The van der Waals surface area contributed by atoms with Crippen LogP contribution in [-0.2, 0) is 9.53 Å². The van der Waals surface area contributed by atoms with Crippen LogP contribution in [0, 0.1) is 11.3 Å². The summed E-state index contributed by atoms with van der Waals surface area (Å²) < 4.78 is 5.08. The van der Waals surface area contributed by atoms with Crippen molar-refractivity contribution < 1.29 is 14.3 Å². The molecule has 0 radical (unpaired) electrons. The molecule has 5 nitrogen and oxygen atoms in total. The Morgan fingerprint density at radius 1 is 1.17 bits per heavy atom. The number of rotatable bonds is 6. The largest absolute Gasteiger partial charge is 0.452 e. The molecule has 0 aliphatic rings. The van der Waals surface area contributed by atoms with Crippen LogP contribution in [0.5, 0.6) is 0 Å². The lowest BCUT2D eigenvalue weighted by molar-refractivity contribution is -0.119. The Labute approximate surface area is 144 Å². The van der Waals surface area contributed by atoms with Gasteiger partial charge in [-0.25, -0.2) is 4.79 Å². The fraction of sp³-hybridized carbons (Fsp3) is 0.167. The Kier molecular flexibility index (Phi) is 6.41. The fourth-order valence-electron chi connectivity index (χ4n) is 2.00. The van der Waals surface area contributed by atoms with Crippen molar-refractivity contribution in [1.82, 2.24) is 0 Å². The summed E-state index contributed by atoms with van der Waals surface area (Å²) in [6.45, 7) is 1.58. The van der Waals surface area contributed by atoms with Gasteiger partial charge >= 0.3 is 5.97 Å². The predicted molar refractivity (Wildman–Crippen MR) is 92.9 cm³/mol. The highest BCUT2D eigenvalue weighted by Crippen LogP contribution is 2.22. The number of nitrogens with zero attached hydrogens (tertiary/aromatic N) is 1. The van der Waals surface area contributed by atoms with Gasteiger partial charge in [0.2, 0.25) is 0 Å². The van der Waals surface area contributed by atoms with Gasteiger partial charge in [-0.15, -0.1) is 11.8 Å². The van der Waals surface area contributed by atoms with E-state index in [0.717, 1.165) is 10.6 Å². The molecule has 122 valence electrons. The van der Waals surface area contributed by atoms with Crippen LogP contribution in [0.15, 0.2) is 53.4 Å². The molecule has 0 saturated heterocycles. The molecule has 0 bridgehead atoms. The van der Waals surface area contributed by atoms with Gasteiger partial charge in [-0.3, -0.25) is 4.79 Å². The lowest BCUT2D eigenvalue weighted by atomic mass is 10.2. The normalized spacial score (nSPS) is 9.83. The average Bonchev–Trinajstić information content (AvgIpc) is 2.61. The van der Waals surface area contributed by atoms with E-state index in [1.165, 1.54) is 11.8 Å². The van der Waals surface area contributed by atoms with Gasteiger partial charge in [-0.1, -0.05) is 31.2 Å². The number of ether oxygens (including phenoxy) is 1. The molecule has 6 heteroatoms. The third kappa shape index (κ3) is 4.61. The number of carbonyl (C=O) groups is 2. The molecule has 0 atom stereocenters. The summed E-state index contributed by atoms with van der Waals surface area (Å²) in [6, 6.07) is 15.7. The van der Waals surface area contributed by atoms with Gasteiger partial charge in [0.1, 0.15) is 6.07 Å². The first-order valence-corrected chi connectivity index (χ1v) is 8.32. The maximum absolute atomic E-state index is 12.2. The number of para-hydroxylation sites is 1. The molecule has 2 aromatic carbocycles. The first kappa shape index (κ1) is 17.6. The molecule has 1 amide bonds. The smallest absolute Gasteiger partial charge is 0.339 e. The number of carbonyl (C=O) groups excluding carboxylic acids is 2. The van der Waals surface area contributed by atoms with Crippen molar-refractivity contribution in [3.8, 4) is 6.07 Å². The first-order chi connectivity index (χ1) is 11.7. The van der Waals surface area contributed by atoms with Crippen LogP contribution in [-0.4, -0.2) is 24.2 Å². The van der Waals surface area contributed by atoms with Gasteiger partial charge in [0, 0.05) is 4.90 Å². The highest BCUT2D eigenvalue weighted by molar-refractivity contribution is 7.99. The molecular weight excluding hydrogens is 324 g/mol. The van der Waals surface area contributed by atoms with Crippen molar-refractivity contribution in [3.63, 3.8) is 0 Å². The van der Waals surface area contributed by atoms with Gasteiger partial charge in [-0.2, -0.15) is 5.26 Å². The van der Waals surface area contributed by atoms with Crippen LogP contribution in [0.4, 0.5) is 5.69 Å². The summed E-state index contributed by atoms with van der Waals surface area (Å²) in [5.74, 6) is -0.211. The zero-order valence-electron chi connectivity index (χ0n) is 13.1. The minimum absolute atomic E-state index is 0.349. The van der Waals surface area contributed by atoms with Crippen molar-refractivity contribution >= 4 is 29.3 Å². The van der Waals surface area contributed by atoms with Gasteiger partial charge in [-0.05, 0) is 30.0 Å². The quantitative estimate of drug-likeness (QED) is 0.643. The highest BCUT2D eigenvalue weighted by Gasteiger charge is 2.14. The highest BCUT2D eigenvalue weighted by atomic mass is 32.2. The minimum atomic E-state index is -0.546. The molecule has 2 rings (SSSR count). The fourth-order valence-corrected chi connectivity index (χ4v) is 2.79. The second-order valence-electron chi connectivity index (χ2n) is 4.71. The molecule has 24 heavy (non-hydrogen) atoms. The first-order valence-electron chi connectivity index (χ1n) is 7.33. The number of nitrogens with one attached hydrogen (secondary N) is 1.